The fourth-order valence-electron chi connectivity index (χ4n) is 5.17. The molecule has 1 aliphatic heterocycles. The zero-order valence-corrected chi connectivity index (χ0v) is 28.3. The quantitative estimate of drug-likeness (QED) is 0.180. The van der Waals surface area contributed by atoms with E-state index in [0.29, 0.717) is 23.1 Å². The molecule has 1 aliphatic carbocycles. The fourth-order valence-corrected chi connectivity index (χ4v) is 7.74. The van der Waals surface area contributed by atoms with Crippen LogP contribution in [0.5, 0.6) is 0 Å². The van der Waals surface area contributed by atoms with Crippen LogP contribution in [0.4, 0.5) is 0 Å². The molecule has 2 unspecified atom stereocenters. The summed E-state index contributed by atoms with van der Waals surface area (Å²) < 4.78 is 75.6. The molecule has 0 saturated carbocycles. The van der Waals surface area contributed by atoms with E-state index in [1.165, 1.54) is 0 Å². The average Bonchev–Trinajstić information content (AvgIpc) is 3.40. The van der Waals surface area contributed by atoms with Crippen LogP contribution in [0, 0.1) is 0 Å². The monoisotopic (exact) mass is 658 g/mol. The van der Waals surface area contributed by atoms with Crippen molar-refractivity contribution in [3.63, 3.8) is 0 Å². The Bertz CT molecular complexity index is 1830. The summed E-state index contributed by atoms with van der Waals surface area (Å²) in [4.78, 5) is 2.06. The standard InChI is InChI=1S/C28H29ClN2O7S3.Na/c1-19(17-27-30(12-4-14-40(32,33)34)23-18-21(29)9-11-25(23)39-27)16-26-31(13-5-15-41(35,36)37)28-22-7-3-2-6-20(22)8-10-24(28)38-26;/h2-3,6-11,16-18,23,25H,4-5,12-15H2,1H3,(H-,32,33,34,35,36,37);/q;+1/p-1. The van der Waals surface area contributed by atoms with Crippen molar-refractivity contribution >= 4 is 71.5 Å². The van der Waals surface area contributed by atoms with Crippen LogP contribution in [0.3, 0.4) is 0 Å². The number of halogens is 1. The van der Waals surface area contributed by atoms with E-state index in [1.807, 2.05) is 78.3 Å². The molecule has 9 nitrogen and oxygen atoms in total. The summed E-state index contributed by atoms with van der Waals surface area (Å²) in [6.07, 6.45) is 9.92. The molecule has 42 heavy (non-hydrogen) atoms. The van der Waals surface area contributed by atoms with Gasteiger partial charge in [-0.05, 0) is 54.7 Å². The van der Waals surface area contributed by atoms with Crippen LogP contribution in [0.2, 0.25) is 0 Å². The smallest absolute Gasteiger partial charge is 0.748 e. The summed E-state index contributed by atoms with van der Waals surface area (Å²) in [5.74, 6) is -0.436. The van der Waals surface area contributed by atoms with Crippen molar-refractivity contribution in [2.45, 2.75) is 37.6 Å². The van der Waals surface area contributed by atoms with Gasteiger partial charge < -0.3 is 18.4 Å². The van der Waals surface area contributed by atoms with Crippen LogP contribution in [-0.2, 0) is 26.8 Å². The maximum Gasteiger partial charge on any atom is 1.00 e. The van der Waals surface area contributed by atoms with Gasteiger partial charge in [-0.2, -0.15) is 4.57 Å². The molecule has 1 fully saturated rings. The van der Waals surface area contributed by atoms with Crippen LogP contribution in [0.1, 0.15) is 25.7 Å². The summed E-state index contributed by atoms with van der Waals surface area (Å²) in [6, 6.07) is 11.6. The van der Waals surface area contributed by atoms with Gasteiger partial charge in [0.05, 0.1) is 48.0 Å². The van der Waals surface area contributed by atoms with E-state index in [-0.39, 0.29) is 60.2 Å². The number of hydrogen-bond donors (Lipinski definition) is 0. The second-order valence-electron chi connectivity index (χ2n) is 10.0. The fraction of sp³-hybridized carbons (Fsp3) is 0.321. The Kier molecular flexibility index (Phi) is 10.8. The van der Waals surface area contributed by atoms with Crippen molar-refractivity contribution < 1.29 is 64.5 Å². The van der Waals surface area contributed by atoms with E-state index in [2.05, 4.69) is 4.90 Å². The van der Waals surface area contributed by atoms with Crippen LogP contribution in [-0.4, -0.2) is 60.2 Å². The number of thioether (sulfide) groups is 1. The molecule has 2 aromatic carbocycles. The van der Waals surface area contributed by atoms with Gasteiger partial charge >= 0.3 is 35.4 Å². The molecule has 14 heteroatoms. The van der Waals surface area contributed by atoms with E-state index in [9.17, 15) is 25.9 Å². The van der Waals surface area contributed by atoms with Gasteiger partial charge in [0, 0.05) is 29.5 Å². The van der Waals surface area contributed by atoms with Gasteiger partial charge in [0.1, 0.15) is 0 Å². The number of allylic oxidation sites excluding steroid dienone is 4. The number of oxazole rings is 1. The van der Waals surface area contributed by atoms with Gasteiger partial charge in [-0.15, -0.1) is 0 Å². The van der Waals surface area contributed by atoms with Gasteiger partial charge in [0.25, 0.3) is 5.52 Å². The van der Waals surface area contributed by atoms with Crippen LogP contribution in [0.15, 0.2) is 80.8 Å². The normalized spacial score (nSPS) is 20.3. The van der Waals surface area contributed by atoms with Crippen molar-refractivity contribution in [3.05, 3.63) is 82.2 Å². The largest absolute Gasteiger partial charge is 1.00 e. The van der Waals surface area contributed by atoms with E-state index in [1.54, 1.807) is 11.8 Å². The molecule has 5 rings (SSSR count). The Hall–Kier alpha value is -1.61. The Morgan fingerprint density at radius 3 is 2.55 bits per heavy atom. The molecule has 2 aliphatic rings. The summed E-state index contributed by atoms with van der Waals surface area (Å²) >= 11 is 7.89. The molecule has 1 saturated heterocycles. The van der Waals surface area contributed by atoms with Gasteiger partial charge in [0.2, 0.25) is 5.58 Å². The number of aryl methyl sites for hydroxylation is 1. The molecule has 3 aromatic rings. The topological polar surface area (TPSA) is 135 Å². The van der Waals surface area contributed by atoms with Crippen LogP contribution < -0.4 is 34.1 Å². The summed E-state index contributed by atoms with van der Waals surface area (Å²) in [6.45, 7) is 2.54. The average molecular weight is 659 g/mol. The SMILES string of the molecule is CC(/C=C1\SC2C=CC(Cl)=CC2N1CCCS(=O)(=O)[O-])=C\c1oc2ccc3ccccc3c2[n+]1CCCS(=O)(=O)[O-].[Na+]. The van der Waals surface area contributed by atoms with Crippen molar-refractivity contribution in [3.8, 4) is 0 Å². The predicted molar refractivity (Wildman–Crippen MR) is 159 cm³/mol. The Balaban J connectivity index is 0.00000405. The zero-order chi connectivity index (χ0) is 29.4. The maximum atomic E-state index is 11.3. The van der Waals surface area contributed by atoms with E-state index >= 15 is 0 Å². The molecular weight excluding hydrogens is 631 g/mol. The van der Waals surface area contributed by atoms with Crippen molar-refractivity contribution in [1.29, 1.82) is 0 Å². The van der Waals surface area contributed by atoms with Crippen LogP contribution >= 0.6 is 23.4 Å². The first-order valence-electron chi connectivity index (χ1n) is 13.0. The van der Waals surface area contributed by atoms with Gasteiger partial charge in [-0.25, -0.2) is 16.8 Å². The van der Waals surface area contributed by atoms with E-state index < -0.39 is 31.7 Å². The molecule has 0 amide bonds. The minimum atomic E-state index is -4.37. The van der Waals surface area contributed by atoms with Crippen molar-refractivity contribution in [1.82, 2.24) is 4.90 Å². The Morgan fingerprint density at radius 1 is 1.10 bits per heavy atom. The first kappa shape index (κ1) is 33.3. The van der Waals surface area contributed by atoms with Gasteiger partial charge in [-0.1, -0.05) is 53.7 Å². The number of fused-ring (bicyclic) bond motifs is 4. The Morgan fingerprint density at radius 2 is 1.81 bits per heavy atom. The summed E-state index contributed by atoms with van der Waals surface area (Å²) in [5, 5.41) is 3.52. The summed E-state index contributed by atoms with van der Waals surface area (Å²) in [7, 11) is -8.70. The third kappa shape index (κ3) is 8.10. The van der Waals surface area contributed by atoms with E-state index in [4.69, 9.17) is 16.0 Å². The zero-order valence-electron chi connectivity index (χ0n) is 23.1. The minimum Gasteiger partial charge on any atom is -0.748 e. The maximum absolute atomic E-state index is 11.3. The number of benzene rings is 2. The molecule has 218 valence electrons. The summed E-state index contributed by atoms with van der Waals surface area (Å²) in [5.41, 5.74) is 2.27. The number of hydrogen-bond acceptors (Lipinski definition) is 9. The van der Waals surface area contributed by atoms with Gasteiger partial charge in [0.15, 0.2) is 6.54 Å². The third-order valence-electron chi connectivity index (χ3n) is 6.90. The molecule has 0 bridgehead atoms. The predicted octanol–water partition coefficient (Wildman–Crippen LogP) is 1.47. The van der Waals surface area contributed by atoms with E-state index in [0.717, 1.165) is 26.9 Å². The Labute approximate surface area is 276 Å². The molecular formula is C28H28ClN2NaO7S3. The number of aromatic nitrogens is 1. The van der Waals surface area contributed by atoms with Crippen LogP contribution in [0.25, 0.3) is 27.9 Å². The first-order chi connectivity index (χ1) is 19.4. The second kappa shape index (κ2) is 13.6. The number of nitrogens with zero attached hydrogens (tertiary/aromatic N) is 2. The van der Waals surface area contributed by atoms with Gasteiger partial charge in [-0.3, -0.25) is 0 Å². The first-order valence-corrected chi connectivity index (χ1v) is 17.4. The number of rotatable bonds is 10. The molecule has 0 spiro atoms. The van der Waals surface area contributed by atoms with Crippen molar-refractivity contribution in [2.24, 2.45) is 0 Å². The minimum absolute atomic E-state index is 0. The second-order valence-corrected chi connectivity index (χ2v) is 14.7. The molecule has 0 radical (unpaired) electrons. The van der Waals surface area contributed by atoms with Crippen molar-refractivity contribution in [2.75, 3.05) is 18.1 Å². The third-order valence-corrected chi connectivity index (χ3v) is 10.0. The molecule has 2 atom stereocenters. The molecule has 0 N–H and O–H groups in total. The molecule has 1 aromatic heterocycles. The molecule has 2 heterocycles.